The van der Waals surface area contributed by atoms with E-state index in [0.717, 1.165) is 25.7 Å². The summed E-state index contributed by atoms with van der Waals surface area (Å²) in [7, 11) is 0. The Hall–Kier alpha value is -1.16. The molecule has 144 valence electrons. The van der Waals surface area contributed by atoms with Gasteiger partial charge in [0, 0.05) is 18.8 Å². The maximum absolute atomic E-state index is 12.5. The molecule has 1 unspecified atom stereocenters. The molecule has 0 N–H and O–H groups in total. The average molecular weight is 360 g/mol. The van der Waals surface area contributed by atoms with Gasteiger partial charge in [-0.25, -0.2) is 0 Å². The van der Waals surface area contributed by atoms with Gasteiger partial charge in [0.1, 0.15) is 5.78 Å². The lowest BCUT2D eigenvalue weighted by atomic mass is 9.46. The van der Waals surface area contributed by atoms with Crippen LogP contribution in [0.15, 0.2) is 12.2 Å². The number of Topliss-reactive ketones (excluding diaryl/α,β-unsaturated/α-hetero) is 1. The number of allylic oxidation sites excluding steroid dienone is 1. The van der Waals surface area contributed by atoms with Crippen LogP contribution in [0.4, 0.5) is 0 Å². The summed E-state index contributed by atoms with van der Waals surface area (Å²) < 4.78 is 10.7. The van der Waals surface area contributed by atoms with Crippen molar-refractivity contribution in [1.29, 1.82) is 0 Å². The molecule has 0 aromatic carbocycles. The first-order chi connectivity index (χ1) is 12.3. The maximum atomic E-state index is 12.5. The third-order valence-corrected chi connectivity index (χ3v) is 8.40. The zero-order chi connectivity index (χ0) is 18.5. The second-order valence-electron chi connectivity index (χ2n) is 9.49. The van der Waals surface area contributed by atoms with Crippen LogP contribution in [0.5, 0.6) is 0 Å². The first-order valence-corrected chi connectivity index (χ1v) is 10.3. The zero-order valence-corrected chi connectivity index (χ0v) is 16.3. The van der Waals surface area contributed by atoms with Crippen molar-refractivity contribution in [2.24, 2.45) is 34.5 Å². The van der Waals surface area contributed by atoms with E-state index in [-0.39, 0.29) is 29.7 Å². The van der Waals surface area contributed by atoms with Gasteiger partial charge in [0.25, 0.3) is 0 Å². The van der Waals surface area contributed by atoms with Gasteiger partial charge in [-0.15, -0.1) is 0 Å². The minimum Gasteiger partial charge on any atom is -0.439 e. The number of ether oxygens (including phenoxy) is 2. The van der Waals surface area contributed by atoms with Crippen LogP contribution in [0.2, 0.25) is 0 Å². The molecule has 4 nitrogen and oxygen atoms in total. The van der Waals surface area contributed by atoms with Gasteiger partial charge >= 0.3 is 5.97 Å². The van der Waals surface area contributed by atoms with Gasteiger partial charge in [-0.3, -0.25) is 9.59 Å². The Morgan fingerprint density at radius 2 is 2.00 bits per heavy atom. The summed E-state index contributed by atoms with van der Waals surface area (Å²) in [4.78, 5) is 23.4. The molecule has 4 aliphatic carbocycles. The van der Waals surface area contributed by atoms with Crippen molar-refractivity contribution >= 4 is 11.8 Å². The van der Waals surface area contributed by atoms with E-state index in [0.29, 0.717) is 29.5 Å². The molecule has 0 aliphatic heterocycles. The fourth-order valence-corrected chi connectivity index (χ4v) is 6.87. The molecular weight excluding hydrogens is 328 g/mol. The van der Waals surface area contributed by atoms with Gasteiger partial charge in [0.15, 0.2) is 6.79 Å². The van der Waals surface area contributed by atoms with E-state index in [1.54, 1.807) is 0 Å². The number of esters is 1. The number of hydrogen-bond donors (Lipinski definition) is 0. The van der Waals surface area contributed by atoms with Crippen molar-refractivity contribution in [2.75, 3.05) is 6.79 Å². The number of ketones is 1. The lowest BCUT2D eigenvalue weighted by molar-refractivity contribution is -0.158. The normalized spacial score (nSPS) is 47.0. The van der Waals surface area contributed by atoms with Gasteiger partial charge in [0.2, 0.25) is 0 Å². The van der Waals surface area contributed by atoms with Gasteiger partial charge < -0.3 is 9.47 Å². The summed E-state index contributed by atoms with van der Waals surface area (Å²) in [6.45, 7) is 6.13. The highest BCUT2D eigenvalue weighted by molar-refractivity contribution is 5.87. The monoisotopic (exact) mass is 360 g/mol. The largest absolute Gasteiger partial charge is 0.439 e. The fourth-order valence-electron chi connectivity index (χ4n) is 6.87. The van der Waals surface area contributed by atoms with Crippen molar-refractivity contribution in [2.45, 2.75) is 71.8 Å². The predicted molar refractivity (Wildman–Crippen MR) is 98.1 cm³/mol. The lowest BCUT2D eigenvalue weighted by Crippen LogP contribution is -2.52. The molecule has 0 bridgehead atoms. The SMILES string of the molecule is CC(=O)OCO[C@H]1C=C[C@@]2(C)C(CC[C@@H]3[C@@H]2CC[C@]2(C)C(=O)CC[C@@H]32)C1. The average Bonchev–Trinajstić information content (AvgIpc) is 2.90. The summed E-state index contributed by atoms with van der Waals surface area (Å²) in [6.07, 6.45) is 12.3. The van der Waals surface area contributed by atoms with Gasteiger partial charge in [-0.2, -0.15) is 0 Å². The molecule has 0 saturated heterocycles. The second-order valence-corrected chi connectivity index (χ2v) is 9.49. The van der Waals surface area contributed by atoms with E-state index in [2.05, 4.69) is 26.0 Å². The number of carbonyl (C=O) groups excluding carboxylic acids is 2. The van der Waals surface area contributed by atoms with E-state index < -0.39 is 0 Å². The summed E-state index contributed by atoms with van der Waals surface area (Å²) in [5, 5.41) is 0. The summed E-state index contributed by atoms with van der Waals surface area (Å²) >= 11 is 0. The van der Waals surface area contributed by atoms with Crippen LogP contribution < -0.4 is 0 Å². The smallest absolute Gasteiger partial charge is 0.304 e. The van der Waals surface area contributed by atoms with E-state index in [1.807, 2.05) is 0 Å². The van der Waals surface area contributed by atoms with Gasteiger partial charge in [0.05, 0.1) is 6.10 Å². The maximum Gasteiger partial charge on any atom is 0.304 e. The van der Waals surface area contributed by atoms with Gasteiger partial charge in [-0.05, 0) is 67.6 Å². The Balaban J connectivity index is 1.49. The zero-order valence-electron chi connectivity index (χ0n) is 16.3. The Kier molecular flexibility index (Phi) is 4.53. The molecule has 7 atom stereocenters. The molecule has 0 aromatic rings. The highest BCUT2D eigenvalue weighted by Gasteiger charge is 2.59. The fraction of sp³-hybridized carbons (Fsp3) is 0.818. The summed E-state index contributed by atoms with van der Waals surface area (Å²) in [5.41, 5.74) is 0.176. The molecule has 0 heterocycles. The van der Waals surface area contributed by atoms with E-state index in [1.165, 1.54) is 26.2 Å². The summed E-state index contributed by atoms with van der Waals surface area (Å²) in [6, 6.07) is 0. The van der Waals surface area contributed by atoms with Crippen LogP contribution in [0.25, 0.3) is 0 Å². The third-order valence-electron chi connectivity index (χ3n) is 8.40. The standard InChI is InChI=1S/C22H32O4/c1-14(23)25-13-26-16-8-10-21(2)15(12-16)4-5-17-18-6-7-20(24)22(18,3)11-9-19(17)21/h8,10,15-19H,4-7,9,11-13H2,1-3H3/t15?,16-,17-,18-,19-,21-,22-/m0/s1. The van der Waals surface area contributed by atoms with Crippen molar-refractivity contribution in [1.82, 2.24) is 0 Å². The molecule has 0 amide bonds. The van der Waals surface area contributed by atoms with Crippen molar-refractivity contribution < 1.29 is 19.1 Å². The van der Waals surface area contributed by atoms with Crippen molar-refractivity contribution in [3.05, 3.63) is 12.2 Å². The quantitative estimate of drug-likeness (QED) is 0.428. The number of carbonyl (C=O) groups is 2. The molecule has 3 fully saturated rings. The van der Waals surface area contributed by atoms with Crippen LogP contribution in [0, 0.1) is 34.5 Å². The van der Waals surface area contributed by atoms with E-state index in [4.69, 9.17) is 9.47 Å². The Morgan fingerprint density at radius 1 is 1.19 bits per heavy atom. The van der Waals surface area contributed by atoms with Gasteiger partial charge in [-0.1, -0.05) is 26.0 Å². The number of hydrogen-bond acceptors (Lipinski definition) is 4. The molecule has 4 aliphatic rings. The predicted octanol–water partition coefficient (Wildman–Crippen LogP) is 4.28. The van der Waals surface area contributed by atoms with E-state index >= 15 is 0 Å². The van der Waals surface area contributed by atoms with Crippen LogP contribution in [0.1, 0.15) is 65.7 Å². The highest BCUT2D eigenvalue weighted by atomic mass is 16.7. The third kappa shape index (κ3) is 2.76. The van der Waals surface area contributed by atoms with Crippen molar-refractivity contribution in [3.8, 4) is 0 Å². The molecule has 4 heteroatoms. The second kappa shape index (κ2) is 6.47. The highest BCUT2D eigenvalue weighted by Crippen LogP contribution is 2.64. The number of fused-ring (bicyclic) bond motifs is 5. The first-order valence-electron chi connectivity index (χ1n) is 10.3. The van der Waals surface area contributed by atoms with Crippen LogP contribution in [-0.2, 0) is 19.1 Å². The minimum atomic E-state index is -0.300. The Labute approximate surface area is 156 Å². The molecular formula is C22H32O4. The Bertz CT molecular complexity index is 626. The molecule has 4 rings (SSSR count). The van der Waals surface area contributed by atoms with Crippen molar-refractivity contribution in [3.63, 3.8) is 0 Å². The summed E-state index contributed by atoms with van der Waals surface area (Å²) in [5.74, 6) is 2.83. The molecule has 0 radical (unpaired) electrons. The number of rotatable bonds is 3. The minimum absolute atomic E-state index is 0.0432. The lowest BCUT2D eigenvalue weighted by Gasteiger charge is -2.58. The molecule has 0 spiro atoms. The molecule has 26 heavy (non-hydrogen) atoms. The Morgan fingerprint density at radius 3 is 2.77 bits per heavy atom. The topological polar surface area (TPSA) is 52.6 Å². The first kappa shape index (κ1) is 18.2. The molecule has 0 aromatic heterocycles. The van der Waals surface area contributed by atoms with Crippen LogP contribution >= 0.6 is 0 Å². The van der Waals surface area contributed by atoms with E-state index in [9.17, 15) is 9.59 Å². The van der Waals surface area contributed by atoms with Crippen LogP contribution in [-0.4, -0.2) is 24.6 Å². The van der Waals surface area contributed by atoms with Crippen LogP contribution in [0.3, 0.4) is 0 Å². The molecule has 3 saturated carbocycles.